The Labute approximate surface area is 161 Å². The van der Waals surface area contributed by atoms with Gasteiger partial charge in [0.15, 0.2) is 0 Å². The third-order valence-electron chi connectivity index (χ3n) is 4.29. The molecule has 0 unspecified atom stereocenters. The van der Waals surface area contributed by atoms with Gasteiger partial charge in [0.05, 0.1) is 10.5 Å². The highest BCUT2D eigenvalue weighted by Gasteiger charge is 2.30. The zero-order chi connectivity index (χ0) is 20.4. The molecule has 1 aliphatic rings. The monoisotopic (exact) mass is 412 g/mol. The van der Waals surface area contributed by atoms with Gasteiger partial charge in [-0.15, -0.1) is 0 Å². The normalized spacial score (nSPS) is 14.7. The topological polar surface area (TPSA) is 75.3 Å². The molecule has 3 rings (SSSR count). The minimum Gasteiger partial charge on any atom is -0.352 e. The van der Waals surface area contributed by atoms with Crippen LogP contribution in [0.15, 0.2) is 53.4 Å². The number of sulfonamides is 1. The van der Waals surface area contributed by atoms with Crippen LogP contribution in [0, 0.1) is 0 Å². The van der Waals surface area contributed by atoms with Gasteiger partial charge in [-0.3, -0.25) is 4.79 Å². The largest absolute Gasteiger partial charge is 0.416 e. The molecule has 1 amide bonds. The van der Waals surface area contributed by atoms with Crippen molar-refractivity contribution in [3.05, 3.63) is 65.2 Å². The van der Waals surface area contributed by atoms with Crippen molar-refractivity contribution >= 4 is 15.9 Å². The molecule has 9 heteroatoms. The second-order valence-electron chi connectivity index (χ2n) is 6.62. The molecule has 2 aromatic rings. The van der Waals surface area contributed by atoms with Crippen LogP contribution < -0.4 is 10.0 Å². The van der Waals surface area contributed by atoms with Crippen LogP contribution in [0.4, 0.5) is 13.2 Å². The van der Waals surface area contributed by atoms with E-state index in [0.717, 1.165) is 25.0 Å². The summed E-state index contributed by atoms with van der Waals surface area (Å²) < 4.78 is 64.7. The van der Waals surface area contributed by atoms with E-state index < -0.39 is 27.7 Å². The highest BCUT2D eigenvalue weighted by molar-refractivity contribution is 7.89. The van der Waals surface area contributed by atoms with E-state index in [2.05, 4.69) is 10.0 Å². The summed E-state index contributed by atoms with van der Waals surface area (Å²) in [7, 11) is -3.65. The molecule has 2 aromatic carbocycles. The van der Waals surface area contributed by atoms with Crippen molar-refractivity contribution in [1.29, 1.82) is 0 Å². The maximum absolute atomic E-state index is 12.6. The molecule has 0 spiro atoms. The van der Waals surface area contributed by atoms with Crippen molar-refractivity contribution in [1.82, 2.24) is 10.0 Å². The molecule has 5 nitrogen and oxygen atoms in total. The van der Waals surface area contributed by atoms with E-state index >= 15 is 0 Å². The number of hydrogen-bond donors (Lipinski definition) is 2. The Hall–Kier alpha value is -2.39. The lowest BCUT2D eigenvalue weighted by molar-refractivity contribution is -0.137. The van der Waals surface area contributed by atoms with Crippen LogP contribution in [-0.2, 0) is 22.6 Å². The van der Waals surface area contributed by atoms with Gasteiger partial charge in [-0.05, 0) is 55.2 Å². The zero-order valence-corrected chi connectivity index (χ0v) is 15.6. The summed E-state index contributed by atoms with van der Waals surface area (Å²) in [6.45, 7) is 0.210. The van der Waals surface area contributed by atoms with E-state index in [4.69, 9.17) is 0 Å². The molecule has 28 heavy (non-hydrogen) atoms. The van der Waals surface area contributed by atoms with Crippen LogP contribution in [0.5, 0.6) is 0 Å². The van der Waals surface area contributed by atoms with Gasteiger partial charge in [-0.1, -0.05) is 18.2 Å². The molecule has 0 bridgehead atoms. The van der Waals surface area contributed by atoms with Crippen LogP contribution >= 0.6 is 0 Å². The van der Waals surface area contributed by atoms with E-state index in [0.29, 0.717) is 12.0 Å². The van der Waals surface area contributed by atoms with Gasteiger partial charge in [-0.25, -0.2) is 13.1 Å². The van der Waals surface area contributed by atoms with Gasteiger partial charge in [0.1, 0.15) is 0 Å². The summed E-state index contributed by atoms with van der Waals surface area (Å²) in [5, 5.41) is 2.65. The first-order valence-electron chi connectivity index (χ1n) is 8.72. The summed E-state index contributed by atoms with van der Waals surface area (Å²) in [5.41, 5.74) is 0.127. The Kier molecular flexibility index (Phi) is 5.76. The number of nitrogens with one attached hydrogen (secondary N) is 2. The molecule has 2 N–H and O–H groups in total. The molecule has 1 fully saturated rings. The van der Waals surface area contributed by atoms with Crippen LogP contribution in [0.1, 0.15) is 34.3 Å². The van der Waals surface area contributed by atoms with Gasteiger partial charge in [0.25, 0.3) is 5.91 Å². The zero-order valence-electron chi connectivity index (χ0n) is 14.8. The Balaban J connectivity index is 1.57. The number of alkyl halides is 3. The lowest BCUT2D eigenvalue weighted by Crippen LogP contribution is -2.28. The van der Waals surface area contributed by atoms with Gasteiger partial charge in [0.2, 0.25) is 10.0 Å². The number of hydrogen-bond acceptors (Lipinski definition) is 3. The number of amides is 1. The quantitative estimate of drug-likeness (QED) is 0.734. The molecule has 1 saturated carbocycles. The summed E-state index contributed by atoms with van der Waals surface area (Å²) in [4.78, 5) is 12.3. The summed E-state index contributed by atoms with van der Waals surface area (Å²) in [6, 6.07) is 10.4. The van der Waals surface area contributed by atoms with Crippen molar-refractivity contribution in [3.8, 4) is 0 Å². The van der Waals surface area contributed by atoms with E-state index in [1.165, 1.54) is 36.4 Å². The Bertz CT molecular complexity index is 953. The average molecular weight is 412 g/mol. The van der Waals surface area contributed by atoms with E-state index in [-0.39, 0.29) is 23.0 Å². The number of benzene rings is 2. The maximum Gasteiger partial charge on any atom is 0.416 e. The molecule has 0 heterocycles. The van der Waals surface area contributed by atoms with Gasteiger partial charge in [-0.2, -0.15) is 13.2 Å². The molecule has 1 aliphatic carbocycles. The number of carbonyl (C=O) groups excluding carboxylic acids is 1. The molecule has 0 saturated heterocycles. The van der Waals surface area contributed by atoms with Crippen LogP contribution in [-0.4, -0.2) is 26.9 Å². The number of halogens is 3. The molecule has 0 radical (unpaired) electrons. The highest BCUT2D eigenvalue weighted by atomic mass is 32.2. The van der Waals surface area contributed by atoms with E-state index in [1.54, 1.807) is 0 Å². The highest BCUT2D eigenvalue weighted by Crippen LogP contribution is 2.29. The summed E-state index contributed by atoms with van der Waals surface area (Å²) >= 11 is 0. The predicted molar refractivity (Wildman–Crippen MR) is 97.3 cm³/mol. The van der Waals surface area contributed by atoms with Crippen molar-refractivity contribution in [2.75, 3.05) is 6.54 Å². The van der Waals surface area contributed by atoms with Gasteiger partial charge < -0.3 is 5.32 Å². The van der Waals surface area contributed by atoms with Crippen molar-refractivity contribution in [3.63, 3.8) is 0 Å². The minimum atomic E-state index is -4.38. The Morgan fingerprint density at radius 2 is 1.75 bits per heavy atom. The number of rotatable bonds is 7. The van der Waals surface area contributed by atoms with Gasteiger partial charge in [0, 0.05) is 18.2 Å². The van der Waals surface area contributed by atoms with E-state index in [9.17, 15) is 26.4 Å². The second kappa shape index (κ2) is 7.92. The fourth-order valence-electron chi connectivity index (χ4n) is 2.58. The minimum absolute atomic E-state index is 0.0230. The first-order chi connectivity index (χ1) is 13.1. The SMILES string of the molecule is O=C(NCCc1ccc(C(F)(F)F)cc1)c1cccc(S(=O)(=O)NC2CC2)c1. The Morgan fingerprint density at radius 1 is 1.07 bits per heavy atom. The fraction of sp³-hybridized carbons (Fsp3) is 0.316. The lowest BCUT2D eigenvalue weighted by atomic mass is 10.1. The smallest absolute Gasteiger partial charge is 0.352 e. The van der Waals surface area contributed by atoms with Crippen LogP contribution in [0.25, 0.3) is 0 Å². The predicted octanol–water partition coefficient (Wildman–Crippen LogP) is 3.12. The van der Waals surface area contributed by atoms with Crippen LogP contribution in [0.3, 0.4) is 0 Å². The molecular formula is C19H19F3N2O3S. The van der Waals surface area contributed by atoms with Crippen LogP contribution in [0.2, 0.25) is 0 Å². The van der Waals surface area contributed by atoms with Crippen molar-refractivity contribution in [2.24, 2.45) is 0 Å². The Morgan fingerprint density at radius 3 is 2.36 bits per heavy atom. The maximum atomic E-state index is 12.6. The molecule has 0 atom stereocenters. The lowest BCUT2D eigenvalue weighted by Gasteiger charge is -2.09. The van der Waals surface area contributed by atoms with Crippen molar-refractivity contribution in [2.45, 2.75) is 36.4 Å². The third kappa shape index (κ3) is 5.32. The first kappa shape index (κ1) is 20.3. The third-order valence-corrected chi connectivity index (χ3v) is 5.80. The summed E-state index contributed by atoms with van der Waals surface area (Å²) in [5.74, 6) is -0.449. The number of carbonyl (C=O) groups is 1. The average Bonchev–Trinajstić information content (AvgIpc) is 3.45. The van der Waals surface area contributed by atoms with Gasteiger partial charge >= 0.3 is 6.18 Å². The summed E-state index contributed by atoms with van der Waals surface area (Å²) in [6.07, 6.45) is -2.41. The second-order valence-corrected chi connectivity index (χ2v) is 8.34. The molecule has 150 valence electrons. The molecular weight excluding hydrogens is 393 g/mol. The fourth-order valence-corrected chi connectivity index (χ4v) is 3.93. The van der Waals surface area contributed by atoms with Crippen molar-refractivity contribution < 1.29 is 26.4 Å². The molecule has 0 aromatic heterocycles. The standard InChI is InChI=1S/C19H19F3N2O3S/c20-19(21,22)15-6-4-13(5-7-15)10-11-23-18(25)14-2-1-3-17(12-14)28(26,27)24-16-8-9-16/h1-7,12,16,24H,8-11H2,(H,23,25). The molecule has 0 aliphatic heterocycles. The first-order valence-corrected chi connectivity index (χ1v) is 10.2. The van der Waals surface area contributed by atoms with E-state index in [1.807, 2.05) is 0 Å².